The van der Waals surface area contributed by atoms with Crippen molar-refractivity contribution in [2.75, 3.05) is 0 Å². The standard InChI is InChI=1S/4BF4.HNO2/c4*2-1(3,4)5;2-1-3/h;;;;(H,2,3)/q4*-1;. The summed E-state index contributed by atoms with van der Waals surface area (Å²) in [6.45, 7) is 0. The van der Waals surface area contributed by atoms with Crippen molar-refractivity contribution in [3.05, 3.63) is 4.91 Å². The van der Waals surface area contributed by atoms with Crippen LogP contribution in [0, 0.1) is 4.91 Å². The summed E-state index contributed by atoms with van der Waals surface area (Å²) < 4.78 is 156. The van der Waals surface area contributed by atoms with Crippen molar-refractivity contribution in [3.8, 4) is 0 Å². The molecular formula is HB4F16NO2-4. The fourth-order valence-electron chi connectivity index (χ4n) is 0. The van der Waals surface area contributed by atoms with E-state index < -0.39 is 29.0 Å². The van der Waals surface area contributed by atoms with E-state index in [0.717, 1.165) is 0 Å². The highest BCUT2D eigenvalue weighted by Crippen LogP contribution is 2.08. The van der Waals surface area contributed by atoms with Crippen molar-refractivity contribution in [1.82, 2.24) is 0 Å². The van der Waals surface area contributed by atoms with Gasteiger partial charge < -0.3 is 74.3 Å². The fourth-order valence-corrected chi connectivity index (χ4v) is 0. The molecule has 23 heavy (non-hydrogen) atoms. The molecule has 0 aliphatic rings. The Hall–Kier alpha value is -1.46. The lowest BCUT2D eigenvalue weighted by molar-refractivity contribution is 0.312. The lowest BCUT2D eigenvalue weighted by Gasteiger charge is -1.94. The van der Waals surface area contributed by atoms with E-state index in [9.17, 15) is 69.1 Å². The summed E-state index contributed by atoms with van der Waals surface area (Å²) in [5.41, 5.74) is 0. The third-order valence-corrected chi connectivity index (χ3v) is 0. The van der Waals surface area contributed by atoms with Gasteiger partial charge in [-0.1, -0.05) is 0 Å². The second-order valence-electron chi connectivity index (χ2n) is 2.06. The number of rotatable bonds is 0. The van der Waals surface area contributed by atoms with Gasteiger partial charge >= 0.3 is 29.0 Å². The minimum Gasteiger partial charge on any atom is -0.418 e. The summed E-state index contributed by atoms with van der Waals surface area (Å²) in [5, 5.41) is 7.89. The topological polar surface area (TPSA) is 49.7 Å². The van der Waals surface area contributed by atoms with Crippen LogP contribution < -0.4 is 0 Å². The third kappa shape index (κ3) is 3310. The number of hydrogen-bond donors (Lipinski definition) is 1. The first-order valence-corrected chi connectivity index (χ1v) is 3.87. The molecular weight excluding hydrogens is 393 g/mol. The highest BCUT2D eigenvalue weighted by atomic mass is 19.5. The Kier molecular flexibility index (Phi) is 20.4. The van der Waals surface area contributed by atoms with E-state index in [2.05, 4.69) is 0 Å². The molecule has 0 bridgehead atoms. The molecule has 0 amide bonds. The summed E-state index contributed by atoms with van der Waals surface area (Å²) in [7, 11) is -24.0. The maximum Gasteiger partial charge on any atom is 0.673 e. The summed E-state index contributed by atoms with van der Waals surface area (Å²) >= 11 is 0. The van der Waals surface area contributed by atoms with Crippen LogP contribution in [-0.4, -0.2) is 34.2 Å². The van der Waals surface area contributed by atoms with Crippen LogP contribution in [0.25, 0.3) is 0 Å². The van der Waals surface area contributed by atoms with Gasteiger partial charge in [-0.25, -0.2) is 0 Å². The van der Waals surface area contributed by atoms with Crippen LogP contribution in [0.5, 0.6) is 0 Å². The Bertz CT molecular complexity index is 175. The maximum absolute atomic E-state index is 9.75. The van der Waals surface area contributed by atoms with Crippen molar-refractivity contribution in [2.24, 2.45) is 5.34 Å². The molecule has 0 saturated heterocycles. The maximum atomic E-state index is 9.75. The zero-order valence-corrected chi connectivity index (χ0v) is 9.66. The molecule has 0 aliphatic carbocycles. The largest absolute Gasteiger partial charge is 0.673 e. The molecule has 0 fully saturated rings. The molecule has 0 aromatic heterocycles. The molecule has 0 aliphatic heterocycles. The molecule has 0 atom stereocenters. The Morgan fingerprint density at radius 3 is 0.435 bits per heavy atom. The van der Waals surface area contributed by atoms with E-state index in [1.807, 2.05) is 0 Å². The van der Waals surface area contributed by atoms with Crippen molar-refractivity contribution >= 4 is 29.0 Å². The molecule has 0 aromatic rings. The molecule has 0 unspecified atom stereocenters. The highest BCUT2D eigenvalue weighted by Gasteiger charge is 2.21. The number of nitrogens with zero attached hydrogens (tertiary/aromatic N) is 1. The van der Waals surface area contributed by atoms with Gasteiger partial charge in [0.25, 0.3) is 0 Å². The molecule has 146 valence electrons. The summed E-state index contributed by atoms with van der Waals surface area (Å²) in [5.74, 6) is 0. The zero-order valence-electron chi connectivity index (χ0n) is 9.66. The van der Waals surface area contributed by atoms with Crippen molar-refractivity contribution < 1.29 is 74.3 Å². The van der Waals surface area contributed by atoms with Gasteiger partial charge in [-0.05, 0) is 0 Å². The SMILES string of the molecule is F[B-](F)(F)F.F[B-](F)(F)F.F[B-](F)(F)F.F[B-](F)(F)F.O=NO. The van der Waals surface area contributed by atoms with Crippen LogP contribution >= 0.6 is 0 Å². The van der Waals surface area contributed by atoms with Crippen molar-refractivity contribution in [2.45, 2.75) is 0 Å². The molecule has 0 spiro atoms. The summed E-state index contributed by atoms with van der Waals surface area (Å²) in [6.07, 6.45) is 0. The van der Waals surface area contributed by atoms with Gasteiger partial charge in [0.1, 0.15) is 0 Å². The first-order chi connectivity index (χ1) is 9.41. The van der Waals surface area contributed by atoms with E-state index in [1.54, 1.807) is 0 Å². The Morgan fingerprint density at radius 2 is 0.435 bits per heavy atom. The number of hydrogen-bond acceptors (Lipinski definition) is 2. The Labute approximate surface area is 115 Å². The highest BCUT2D eigenvalue weighted by molar-refractivity contribution is 6.50. The third-order valence-electron chi connectivity index (χ3n) is 0. The van der Waals surface area contributed by atoms with Crippen LogP contribution in [0.15, 0.2) is 5.34 Å². The lowest BCUT2D eigenvalue weighted by atomic mass is 10.3. The first-order valence-electron chi connectivity index (χ1n) is 3.87. The number of halogens is 16. The minimum atomic E-state index is -6.00. The second kappa shape index (κ2) is 14.2. The van der Waals surface area contributed by atoms with Gasteiger partial charge in [0.2, 0.25) is 0 Å². The van der Waals surface area contributed by atoms with Crippen molar-refractivity contribution in [3.63, 3.8) is 0 Å². The van der Waals surface area contributed by atoms with Crippen molar-refractivity contribution in [1.29, 1.82) is 0 Å². The van der Waals surface area contributed by atoms with Gasteiger partial charge in [0.05, 0.1) is 0 Å². The van der Waals surface area contributed by atoms with Crippen LogP contribution in [0.4, 0.5) is 69.1 Å². The Balaban J connectivity index is -0.0000000593. The van der Waals surface area contributed by atoms with E-state index >= 15 is 0 Å². The van der Waals surface area contributed by atoms with Crippen LogP contribution in [0.1, 0.15) is 0 Å². The Morgan fingerprint density at radius 1 is 0.435 bits per heavy atom. The first kappa shape index (κ1) is 33.2. The van der Waals surface area contributed by atoms with Crippen LogP contribution in [0.3, 0.4) is 0 Å². The van der Waals surface area contributed by atoms with E-state index in [-0.39, 0.29) is 0 Å². The fraction of sp³-hybridized carbons (Fsp3) is 0. The molecule has 1 N–H and O–H groups in total. The van der Waals surface area contributed by atoms with Gasteiger partial charge in [-0.3, -0.25) is 0 Å². The normalized spacial score (nSPS) is 11.0. The van der Waals surface area contributed by atoms with E-state index in [0.29, 0.717) is 0 Å². The minimum absolute atomic E-state index is 1.25. The summed E-state index contributed by atoms with van der Waals surface area (Å²) in [6, 6.07) is 0. The van der Waals surface area contributed by atoms with Gasteiger partial charge in [-0.15, -0.1) is 4.91 Å². The van der Waals surface area contributed by atoms with Crippen LogP contribution in [0.2, 0.25) is 0 Å². The second-order valence-corrected chi connectivity index (χ2v) is 2.06. The summed E-state index contributed by atoms with van der Waals surface area (Å²) in [4.78, 5) is 8.11. The van der Waals surface area contributed by atoms with Gasteiger partial charge in [-0.2, -0.15) is 0 Å². The predicted octanol–water partition coefficient (Wildman–Crippen LogP) is 5.34. The van der Waals surface area contributed by atoms with E-state index in [4.69, 9.17) is 10.1 Å². The lowest BCUT2D eigenvalue weighted by Crippen LogP contribution is -2.02. The average molecular weight is 394 g/mol. The van der Waals surface area contributed by atoms with Crippen LogP contribution in [-0.2, 0) is 0 Å². The molecule has 0 rings (SSSR count). The van der Waals surface area contributed by atoms with Gasteiger partial charge in [0.15, 0.2) is 5.34 Å². The molecule has 0 radical (unpaired) electrons. The quantitative estimate of drug-likeness (QED) is 0.261. The van der Waals surface area contributed by atoms with Gasteiger partial charge in [0, 0.05) is 0 Å². The zero-order chi connectivity index (χ0) is 20.7. The molecule has 23 heteroatoms. The smallest absolute Gasteiger partial charge is 0.418 e. The molecule has 0 saturated carbocycles. The monoisotopic (exact) mass is 395 g/mol. The molecule has 3 nitrogen and oxygen atoms in total. The predicted molar refractivity (Wildman–Crippen MR) is 48.3 cm³/mol. The average Bonchev–Trinajstić information content (AvgIpc) is 1.87. The molecule has 0 heterocycles. The van der Waals surface area contributed by atoms with E-state index in [1.165, 1.54) is 5.34 Å². The molecule has 0 aromatic carbocycles.